The molecule has 0 amide bonds. The van der Waals surface area contributed by atoms with E-state index in [1.54, 1.807) is 0 Å². The molecule has 12 aromatic rings. The molecule has 12 rings (SSSR count). The Bertz CT molecular complexity index is 3590. The summed E-state index contributed by atoms with van der Waals surface area (Å²) in [4.78, 5) is 2.43. The first-order valence-electron chi connectivity index (χ1n) is 20.7. The van der Waals surface area contributed by atoms with Gasteiger partial charge in [-0.25, -0.2) is 0 Å². The number of anilines is 3. The third-order valence-corrected chi connectivity index (χ3v) is 12.3. The molecule has 0 aliphatic rings. The summed E-state index contributed by atoms with van der Waals surface area (Å²) in [5.74, 6) is 0. The number of hydrogen-bond acceptors (Lipinski definition) is 1. The third kappa shape index (κ3) is 5.42. The van der Waals surface area contributed by atoms with Crippen molar-refractivity contribution in [3.05, 3.63) is 231 Å². The van der Waals surface area contributed by atoms with Gasteiger partial charge >= 0.3 is 0 Å². The van der Waals surface area contributed by atoms with Crippen LogP contribution in [0.25, 0.3) is 92.8 Å². The quantitative estimate of drug-likeness (QED) is 0.153. The first-order chi connectivity index (χ1) is 29.8. The van der Waals surface area contributed by atoms with Gasteiger partial charge in [0.1, 0.15) is 0 Å². The average Bonchev–Trinajstić information content (AvgIpc) is 3.67. The van der Waals surface area contributed by atoms with Crippen molar-refractivity contribution < 1.29 is 0 Å². The maximum Gasteiger partial charge on any atom is 0.0547 e. The summed E-state index contributed by atoms with van der Waals surface area (Å²) in [7, 11) is 0. The van der Waals surface area contributed by atoms with Crippen molar-refractivity contribution in [3.63, 3.8) is 0 Å². The van der Waals surface area contributed by atoms with Crippen LogP contribution in [-0.4, -0.2) is 4.57 Å². The first-order valence-corrected chi connectivity index (χ1v) is 20.7. The van der Waals surface area contributed by atoms with Gasteiger partial charge in [0.15, 0.2) is 0 Å². The highest BCUT2D eigenvalue weighted by molar-refractivity contribution is 6.25. The largest absolute Gasteiger partial charge is 0.310 e. The van der Waals surface area contributed by atoms with Crippen molar-refractivity contribution >= 4 is 82.0 Å². The summed E-state index contributed by atoms with van der Waals surface area (Å²) >= 11 is 0. The monoisotopic (exact) mass is 762 g/mol. The van der Waals surface area contributed by atoms with Gasteiger partial charge in [0.2, 0.25) is 0 Å². The Morgan fingerprint density at radius 2 is 0.917 bits per heavy atom. The summed E-state index contributed by atoms with van der Waals surface area (Å²) < 4.78 is 2.42. The zero-order chi connectivity index (χ0) is 39.6. The van der Waals surface area contributed by atoms with Crippen LogP contribution in [0.1, 0.15) is 0 Å². The minimum absolute atomic E-state index is 1.10. The Labute approximate surface area is 348 Å². The molecule has 0 saturated heterocycles. The lowest BCUT2D eigenvalue weighted by Gasteiger charge is -2.27. The normalized spacial score (nSPS) is 11.7. The van der Waals surface area contributed by atoms with E-state index in [-0.39, 0.29) is 0 Å². The van der Waals surface area contributed by atoms with E-state index in [4.69, 9.17) is 0 Å². The third-order valence-electron chi connectivity index (χ3n) is 12.3. The lowest BCUT2D eigenvalue weighted by atomic mass is 9.93. The van der Waals surface area contributed by atoms with Crippen molar-refractivity contribution in [3.8, 4) is 27.9 Å². The van der Waals surface area contributed by atoms with Gasteiger partial charge in [-0.2, -0.15) is 0 Å². The average molecular weight is 763 g/mol. The molecule has 0 bridgehead atoms. The number of benzene rings is 11. The van der Waals surface area contributed by atoms with E-state index in [1.807, 2.05) is 0 Å². The summed E-state index contributed by atoms with van der Waals surface area (Å²) in [5.41, 5.74) is 11.7. The van der Waals surface area contributed by atoms with Crippen molar-refractivity contribution in [2.45, 2.75) is 0 Å². The summed E-state index contributed by atoms with van der Waals surface area (Å²) in [6.07, 6.45) is 0. The van der Waals surface area contributed by atoms with Crippen LogP contribution >= 0.6 is 0 Å². The van der Waals surface area contributed by atoms with Gasteiger partial charge in [-0.1, -0.05) is 170 Å². The number of rotatable bonds is 6. The topological polar surface area (TPSA) is 8.17 Å². The fourth-order valence-electron chi connectivity index (χ4n) is 9.65. The zero-order valence-electron chi connectivity index (χ0n) is 32.8. The maximum atomic E-state index is 2.43. The molecule has 280 valence electrons. The van der Waals surface area contributed by atoms with Gasteiger partial charge in [-0.3, -0.25) is 0 Å². The molecule has 1 heterocycles. The lowest BCUT2D eigenvalue weighted by Crippen LogP contribution is -2.10. The number of hydrogen-bond donors (Lipinski definition) is 0. The van der Waals surface area contributed by atoms with Gasteiger partial charge in [0, 0.05) is 33.2 Å². The smallest absolute Gasteiger partial charge is 0.0547 e. The number of para-hydroxylation sites is 1. The van der Waals surface area contributed by atoms with Crippen LogP contribution in [0.15, 0.2) is 231 Å². The lowest BCUT2D eigenvalue weighted by molar-refractivity contribution is 1.18. The molecular formula is C58H38N2. The minimum atomic E-state index is 1.10. The van der Waals surface area contributed by atoms with E-state index < -0.39 is 0 Å². The number of nitrogens with zero attached hydrogens (tertiary/aromatic N) is 2. The van der Waals surface area contributed by atoms with Crippen LogP contribution < -0.4 is 4.90 Å². The van der Waals surface area contributed by atoms with Crippen LogP contribution in [0, 0.1) is 0 Å². The molecule has 1 aromatic heterocycles. The van der Waals surface area contributed by atoms with Crippen molar-refractivity contribution in [1.82, 2.24) is 4.57 Å². The van der Waals surface area contributed by atoms with Crippen LogP contribution in [0.3, 0.4) is 0 Å². The highest BCUT2D eigenvalue weighted by Gasteiger charge is 2.21. The molecule has 0 saturated carbocycles. The SMILES string of the molecule is c1ccc(-n2c3cccc(-c4cccc(N(c5ccc(-c6cc7ccccc7c7ccccc67)cc5)c5cccc6ccccc56)c4)c3c3c4ccccc4ccc32)cc1. The van der Waals surface area contributed by atoms with Gasteiger partial charge in [-0.15, -0.1) is 0 Å². The van der Waals surface area contributed by atoms with Crippen LogP contribution in [0.5, 0.6) is 0 Å². The Morgan fingerprint density at radius 3 is 1.73 bits per heavy atom. The maximum absolute atomic E-state index is 2.43. The molecule has 0 fully saturated rings. The predicted molar refractivity (Wildman–Crippen MR) is 256 cm³/mol. The molecule has 0 atom stereocenters. The first kappa shape index (κ1) is 34.1. The second kappa shape index (κ2) is 13.9. The van der Waals surface area contributed by atoms with Gasteiger partial charge in [0.05, 0.1) is 16.7 Å². The molecule has 2 nitrogen and oxygen atoms in total. The van der Waals surface area contributed by atoms with Crippen molar-refractivity contribution in [1.29, 1.82) is 0 Å². The van der Waals surface area contributed by atoms with Crippen LogP contribution in [-0.2, 0) is 0 Å². The molecule has 0 spiro atoms. The molecule has 0 aliphatic carbocycles. The molecule has 11 aromatic carbocycles. The van der Waals surface area contributed by atoms with Crippen molar-refractivity contribution in [2.75, 3.05) is 4.90 Å². The van der Waals surface area contributed by atoms with E-state index in [9.17, 15) is 0 Å². The molecule has 0 aliphatic heterocycles. The van der Waals surface area contributed by atoms with E-state index in [0.29, 0.717) is 0 Å². The van der Waals surface area contributed by atoms with E-state index in [2.05, 4.69) is 240 Å². The molecule has 60 heavy (non-hydrogen) atoms. The standard InChI is InChI=1S/C58H38N2/c1-2-20-44(21-3-1)60-55-30-14-28-50(58(55)57-49-25-9-5-16-40(49)33-36-56(57)60)42-19-12-22-46(37-42)59(54-29-13-18-39-15-4-8-24-48(39)54)45-34-31-41(32-35-45)53-38-43-17-6-7-23-47(43)51-26-10-11-27-52(51)53/h1-38H. The zero-order valence-corrected chi connectivity index (χ0v) is 32.8. The number of aromatic nitrogens is 1. The summed E-state index contributed by atoms with van der Waals surface area (Å²) in [6, 6.07) is 84.3. The number of fused-ring (bicyclic) bond motifs is 9. The van der Waals surface area contributed by atoms with E-state index >= 15 is 0 Å². The Morgan fingerprint density at radius 1 is 0.300 bits per heavy atom. The predicted octanol–water partition coefficient (Wildman–Crippen LogP) is 16.2. The second-order valence-electron chi connectivity index (χ2n) is 15.7. The van der Waals surface area contributed by atoms with Crippen LogP contribution in [0.2, 0.25) is 0 Å². The fraction of sp³-hybridized carbons (Fsp3) is 0. The van der Waals surface area contributed by atoms with Gasteiger partial charge < -0.3 is 9.47 Å². The molecular weight excluding hydrogens is 725 g/mol. The molecule has 0 radical (unpaired) electrons. The molecule has 0 N–H and O–H groups in total. The summed E-state index contributed by atoms with van der Waals surface area (Å²) in [6.45, 7) is 0. The second-order valence-corrected chi connectivity index (χ2v) is 15.7. The summed E-state index contributed by atoms with van der Waals surface area (Å²) in [5, 5.41) is 12.5. The highest BCUT2D eigenvalue weighted by Crippen LogP contribution is 2.45. The van der Waals surface area contributed by atoms with E-state index in [1.165, 1.54) is 87.1 Å². The highest BCUT2D eigenvalue weighted by atomic mass is 15.1. The Kier molecular flexibility index (Phi) is 7.89. The van der Waals surface area contributed by atoms with Gasteiger partial charge in [0.25, 0.3) is 0 Å². The van der Waals surface area contributed by atoms with Crippen molar-refractivity contribution in [2.24, 2.45) is 0 Å². The Balaban J connectivity index is 1.06. The van der Waals surface area contributed by atoms with Crippen LogP contribution in [0.4, 0.5) is 17.1 Å². The molecule has 0 unspecified atom stereocenters. The van der Waals surface area contributed by atoms with Gasteiger partial charge in [-0.05, 0) is 121 Å². The fourth-order valence-corrected chi connectivity index (χ4v) is 9.65. The Hall–Kier alpha value is -7.94. The minimum Gasteiger partial charge on any atom is -0.310 e. The van der Waals surface area contributed by atoms with E-state index in [0.717, 1.165) is 22.7 Å². The molecule has 2 heteroatoms.